The average Bonchev–Trinajstić information content (AvgIpc) is 3.24. The molecule has 3 heterocycles. The van der Waals surface area contributed by atoms with Gasteiger partial charge in [-0.05, 0) is 49.1 Å². The van der Waals surface area contributed by atoms with Gasteiger partial charge in [0.05, 0.1) is 6.20 Å². The fourth-order valence-corrected chi connectivity index (χ4v) is 4.17. The Morgan fingerprint density at radius 1 is 1.20 bits per heavy atom. The topological polar surface area (TPSA) is 59.3 Å². The summed E-state index contributed by atoms with van der Waals surface area (Å²) in [5.74, 6) is -0.0927. The summed E-state index contributed by atoms with van der Waals surface area (Å²) < 4.78 is 1.88. The zero-order valence-electron chi connectivity index (χ0n) is 14.2. The first-order valence-corrected chi connectivity index (χ1v) is 9.86. The largest absolute Gasteiger partial charge is 0.352 e. The van der Waals surface area contributed by atoms with E-state index in [1.54, 1.807) is 17.5 Å². The summed E-state index contributed by atoms with van der Waals surface area (Å²) in [6, 6.07) is 4.12. The molecule has 1 amide bonds. The summed E-state index contributed by atoms with van der Waals surface area (Å²) in [6.07, 6.45) is 11.4. The van der Waals surface area contributed by atoms with E-state index in [-0.39, 0.29) is 5.91 Å². The van der Waals surface area contributed by atoms with Gasteiger partial charge in [0.2, 0.25) is 0 Å². The van der Waals surface area contributed by atoms with Crippen LogP contribution in [0.2, 0.25) is 0 Å². The number of hydrogen-bond donors (Lipinski definition) is 1. The lowest BCUT2D eigenvalue weighted by molar-refractivity contribution is 0.0955. The van der Waals surface area contributed by atoms with Gasteiger partial charge in [-0.15, -0.1) is 11.3 Å². The molecule has 0 radical (unpaired) electrons. The molecular weight excluding hydrogens is 332 g/mol. The predicted octanol–water partition coefficient (Wildman–Crippen LogP) is 3.42. The molecule has 3 aromatic heterocycles. The van der Waals surface area contributed by atoms with E-state index in [0.29, 0.717) is 17.8 Å². The molecule has 0 unspecified atom stereocenters. The molecule has 0 saturated heterocycles. The maximum absolute atomic E-state index is 12.5. The Labute approximate surface area is 151 Å². The number of nitrogens with zero attached hydrogens (tertiary/aromatic N) is 3. The predicted molar refractivity (Wildman–Crippen MR) is 99.2 cm³/mol. The highest BCUT2D eigenvalue weighted by Gasteiger charge is 2.18. The number of hydrogen-bond acceptors (Lipinski definition) is 4. The van der Waals surface area contributed by atoms with Gasteiger partial charge in [0.15, 0.2) is 5.65 Å². The van der Waals surface area contributed by atoms with Crippen molar-refractivity contribution in [2.24, 2.45) is 0 Å². The fourth-order valence-electron chi connectivity index (χ4n) is 3.46. The fraction of sp³-hybridized carbons (Fsp3) is 0.421. The number of nitrogens with one attached hydrogen (secondary N) is 1. The Morgan fingerprint density at radius 2 is 2.08 bits per heavy atom. The molecule has 1 N–H and O–H groups in total. The van der Waals surface area contributed by atoms with Crippen molar-refractivity contribution >= 4 is 22.9 Å². The second-order valence-electron chi connectivity index (χ2n) is 6.52. The first-order valence-electron chi connectivity index (χ1n) is 8.98. The van der Waals surface area contributed by atoms with Gasteiger partial charge in [-0.25, -0.2) is 9.50 Å². The van der Waals surface area contributed by atoms with Crippen LogP contribution in [-0.4, -0.2) is 27.0 Å². The smallest absolute Gasteiger partial charge is 0.256 e. The number of thiophene rings is 1. The number of amides is 1. The minimum atomic E-state index is -0.0927. The Morgan fingerprint density at radius 3 is 2.92 bits per heavy atom. The molecule has 25 heavy (non-hydrogen) atoms. The third-order valence-electron chi connectivity index (χ3n) is 4.80. The molecule has 1 aliphatic rings. The number of carbonyl (C=O) groups excluding carboxylic acids is 1. The van der Waals surface area contributed by atoms with Crippen LogP contribution in [0.15, 0.2) is 29.9 Å². The van der Waals surface area contributed by atoms with Gasteiger partial charge in [-0.1, -0.05) is 18.9 Å². The minimum Gasteiger partial charge on any atom is -0.352 e. The van der Waals surface area contributed by atoms with E-state index in [1.807, 2.05) is 16.8 Å². The number of rotatable bonds is 4. The van der Waals surface area contributed by atoms with Crippen molar-refractivity contribution in [2.45, 2.75) is 44.9 Å². The first kappa shape index (κ1) is 16.3. The van der Waals surface area contributed by atoms with Gasteiger partial charge < -0.3 is 5.32 Å². The molecule has 0 aromatic carbocycles. The van der Waals surface area contributed by atoms with Crippen molar-refractivity contribution < 1.29 is 4.79 Å². The van der Waals surface area contributed by atoms with Crippen LogP contribution >= 0.6 is 11.3 Å². The molecule has 0 spiro atoms. The Kier molecular flexibility index (Phi) is 4.78. The third-order valence-corrected chi connectivity index (χ3v) is 5.74. The van der Waals surface area contributed by atoms with Crippen LogP contribution in [-0.2, 0) is 19.3 Å². The lowest BCUT2D eigenvalue weighted by atomic mass is 9.98. The van der Waals surface area contributed by atoms with E-state index in [0.717, 1.165) is 19.3 Å². The van der Waals surface area contributed by atoms with Crippen molar-refractivity contribution in [1.82, 2.24) is 19.9 Å². The monoisotopic (exact) mass is 354 g/mol. The zero-order valence-corrected chi connectivity index (χ0v) is 15.0. The quantitative estimate of drug-likeness (QED) is 0.781. The average molecular weight is 354 g/mol. The van der Waals surface area contributed by atoms with E-state index >= 15 is 0 Å². The van der Waals surface area contributed by atoms with E-state index in [9.17, 15) is 4.79 Å². The second kappa shape index (κ2) is 7.35. The SMILES string of the molecule is O=C(NCCc1cccs1)c1cnn2c3c(cnc12)CCCCCC3. The Balaban J connectivity index is 1.53. The van der Waals surface area contributed by atoms with Crippen LogP contribution in [0.3, 0.4) is 0 Å². The van der Waals surface area contributed by atoms with Gasteiger partial charge in [0, 0.05) is 23.3 Å². The molecule has 0 atom stereocenters. The van der Waals surface area contributed by atoms with Crippen molar-refractivity contribution in [2.75, 3.05) is 6.54 Å². The van der Waals surface area contributed by atoms with E-state index < -0.39 is 0 Å². The molecular formula is C19H22N4OS. The summed E-state index contributed by atoms with van der Waals surface area (Å²) in [5.41, 5.74) is 3.74. The highest BCUT2D eigenvalue weighted by atomic mass is 32.1. The number of aryl methyl sites for hydroxylation is 2. The first-order chi connectivity index (χ1) is 12.3. The number of aromatic nitrogens is 3. The molecule has 1 aliphatic carbocycles. The number of carbonyl (C=O) groups is 1. The van der Waals surface area contributed by atoms with Crippen LogP contribution in [0.25, 0.3) is 5.65 Å². The summed E-state index contributed by atoms with van der Waals surface area (Å²) >= 11 is 1.71. The van der Waals surface area contributed by atoms with E-state index in [1.165, 1.54) is 41.8 Å². The summed E-state index contributed by atoms with van der Waals surface area (Å²) in [4.78, 5) is 18.4. The highest BCUT2D eigenvalue weighted by molar-refractivity contribution is 7.09. The maximum atomic E-state index is 12.5. The van der Waals surface area contributed by atoms with Crippen molar-refractivity contribution in [3.8, 4) is 0 Å². The minimum absolute atomic E-state index is 0.0927. The Hall–Kier alpha value is -2.21. The van der Waals surface area contributed by atoms with Crippen molar-refractivity contribution in [1.29, 1.82) is 0 Å². The van der Waals surface area contributed by atoms with Crippen LogP contribution in [0.4, 0.5) is 0 Å². The van der Waals surface area contributed by atoms with Crippen molar-refractivity contribution in [3.63, 3.8) is 0 Å². The van der Waals surface area contributed by atoms with Gasteiger partial charge >= 0.3 is 0 Å². The summed E-state index contributed by atoms with van der Waals surface area (Å²) in [7, 11) is 0. The molecule has 4 rings (SSSR count). The van der Waals surface area contributed by atoms with Gasteiger partial charge in [-0.2, -0.15) is 5.10 Å². The summed E-state index contributed by atoms with van der Waals surface area (Å²) in [6.45, 7) is 0.627. The molecule has 6 heteroatoms. The third kappa shape index (κ3) is 3.44. The van der Waals surface area contributed by atoms with Crippen LogP contribution in [0, 0.1) is 0 Å². The van der Waals surface area contributed by atoms with Crippen molar-refractivity contribution in [3.05, 3.63) is 51.6 Å². The Bertz CT molecular complexity index is 869. The maximum Gasteiger partial charge on any atom is 0.256 e. The highest BCUT2D eigenvalue weighted by Crippen LogP contribution is 2.21. The normalized spacial score (nSPS) is 14.7. The van der Waals surface area contributed by atoms with Crippen LogP contribution < -0.4 is 5.32 Å². The molecule has 0 saturated carbocycles. The van der Waals surface area contributed by atoms with Gasteiger partial charge in [-0.3, -0.25) is 4.79 Å². The van der Waals surface area contributed by atoms with Gasteiger partial charge in [0.1, 0.15) is 5.56 Å². The molecule has 3 aromatic rings. The molecule has 0 fully saturated rings. The zero-order chi connectivity index (χ0) is 17.1. The van der Waals surface area contributed by atoms with E-state index in [2.05, 4.69) is 26.8 Å². The molecule has 130 valence electrons. The van der Waals surface area contributed by atoms with Crippen LogP contribution in [0.1, 0.15) is 52.2 Å². The molecule has 0 aliphatic heterocycles. The van der Waals surface area contributed by atoms with E-state index in [4.69, 9.17) is 0 Å². The molecule has 0 bridgehead atoms. The van der Waals surface area contributed by atoms with Gasteiger partial charge in [0.25, 0.3) is 5.91 Å². The lowest BCUT2D eigenvalue weighted by Gasteiger charge is -2.14. The summed E-state index contributed by atoms with van der Waals surface area (Å²) in [5, 5.41) is 9.53. The lowest BCUT2D eigenvalue weighted by Crippen LogP contribution is -2.25. The van der Waals surface area contributed by atoms with Crippen LogP contribution in [0.5, 0.6) is 0 Å². The number of fused-ring (bicyclic) bond motifs is 3. The standard InChI is InChI=1S/C19H22N4OS/c24-19(20-10-9-15-7-5-11-25-15)16-13-22-23-17-8-4-2-1-3-6-14(17)12-21-18(16)23/h5,7,11-13H,1-4,6,8-10H2,(H,20,24). The second-order valence-corrected chi connectivity index (χ2v) is 7.56. The molecule has 5 nitrogen and oxygen atoms in total.